The lowest BCUT2D eigenvalue weighted by Gasteiger charge is -2.08. The summed E-state index contributed by atoms with van der Waals surface area (Å²) < 4.78 is 5.19. The van der Waals surface area contributed by atoms with E-state index in [0.717, 1.165) is 11.1 Å². The number of para-hydroxylation sites is 1. The fraction of sp³-hybridized carbons (Fsp3) is 0.176. The highest BCUT2D eigenvalue weighted by Crippen LogP contribution is 2.18. The monoisotopic (exact) mass is 298 g/mol. The summed E-state index contributed by atoms with van der Waals surface area (Å²) in [6, 6.07) is 12.7. The van der Waals surface area contributed by atoms with E-state index in [1.807, 2.05) is 38.1 Å². The first-order valence-corrected chi connectivity index (χ1v) is 6.79. The Morgan fingerprint density at radius 1 is 1.05 bits per heavy atom. The van der Waals surface area contributed by atoms with Crippen LogP contribution >= 0.6 is 0 Å². The number of ether oxygens (including phenoxy) is 1. The van der Waals surface area contributed by atoms with Crippen LogP contribution in [0.1, 0.15) is 27.0 Å². The lowest BCUT2D eigenvalue weighted by Crippen LogP contribution is -2.16. The minimum Gasteiger partial charge on any atom is -0.496 e. The summed E-state index contributed by atoms with van der Waals surface area (Å²) in [6.45, 7) is 3.69. The number of rotatable bonds is 4. The maximum atomic E-state index is 12.2. The van der Waals surface area contributed by atoms with Crippen molar-refractivity contribution < 1.29 is 14.4 Å². The Hall–Kier alpha value is -2.82. The van der Waals surface area contributed by atoms with Gasteiger partial charge in [0.2, 0.25) is 0 Å². The van der Waals surface area contributed by atoms with Crippen LogP contribution in [0.5, 0.6) is 5.75 Å². The number of benzene rings is 2. The molecule has 2 aromatic carbocycles. The fourth-order valence-corrected chi connectivity index (χ4v) is 2.18. The molecule has 0 heterocycles. The minimum absolute atomic E-state index is 0.0806. The second kappa shape index (κ2) is 6.76. The van der Waals surface area contributed by atoms with Crippen molar-refractivity contribution in [3.8, 4) is 5.75 Å². The second-order valence-electron chi connectivity index (χ2n) is 4.82. The van der Waals surface area contributed by atoms with Crippen molar-refractivity contribution in [2.24, 2.45) is 10.9 Å². The molecule has 0 atom stereocenters. The van der Waals surface area contributed by atoms with E-state index in [1.165, 1.54) is 7.11 Å². The molecule has 2 rings (SSSR count). The molecule has 5 nitrogen and oxygen atoms in total. The van der Waals surface area contributed by atoms with E-state index < -0.39 is 5.97 Å². The highest BCUT2D eigenvalue weighted by atomic mass is 16.7. The zero-order chi connectivity index (χ0) is 16.1. The third kappa shape index (κ3) is 3.25. The van der Waals surface area contributed by atoms with Crippen LogP contribution in [-0.4, -0.2) is 18.9 Å². The number of carbonyl (C=O) groups is 1. The van der Waals surface area contributed by atoms with Crippen LogP contribution in [0.25, 0.3) is 0 Å². The first-order chi connectivity index (χ1) is 10.5. The quantitative estimate of drug-likeness (QED) is 0.407. The molecule has 0 aromatic heterocycles. The number of hydrogen-bond acceptors (Lipinski definition) is 4. The van der Waals surface area contributed by atoms with Crippen molar-refractivity contribution in [2.75, 3.05) is 7.11 Å². The van der Waals surface area contributed by atoms with Crippen molar-refractivity contribution in [1.29, 1.82) is 0 Å². The van der Waals surface area contributed by atoms with E-state index in [9.17, 15) is 4.79 Å². The molecule has 114 valence electrons. The normalized spacial score (nSPS) is 11.1. The van der Waals surface area contributed by atoms with Gasteiger partial charge in [0, 0.05) is 0 Å². The fourth-order valence-electron chi connectivity index (χ4n) is 2.18. The van der Waals surface area contributed by atoms with E-state index in [1.54, 1.807) is 18.2 Å². The van der Waals surface area contributed by atoms with Crippen molar-refractivity contribution in [3.63, 3.8) is 0 Å². The summed E-state index contributed by atoms with van der Waals surface area (Å²) in [4.78, 5) is 17.1. The summed E-state index contributed by atoms with van der Waals surface area (Å²) in [5, 5.41) is 3.73. The van der Waals surface area contributed by atoms with E-state index in [2.05, 4.69) is 5.16 Å². The third-order valence-corrected chi connectivity index (χ3v) is 3.30. The lowest BCUT2D eigenvalue weighted by molar-refractivity contribution is 0.0514. The summed E-state index contributed by atoms with van der Waals surface area (Å²) in [5.41, 5.74) is 8.59. The zero-order valence-corrected chi connectivity index (χ0v) is 12.8. The van der Waals surface area contributed by atoms with Gasteiger partial charge in [-0.2, -0.15) is 0 Å². The summed E-state index contributed by atoms with van der Waals surface area (Å²) in [5.74, 6) is 0.109. The van der Waals surface area contributed by atoms with Crippen molar-refractivity contribution >= 4 is 11.8 Å². The van der Waals surface area contributed by atoms with Crippen LogP contribution in [-0.2, 0) is 4.84 Å². The number of hydrogen-bond donors (Lipinski definition) is 1. The number of nitrogens with zero attached hydrogens (tertiary/aromatic N) is 1. The van der Waals surface area contributed by atoms with Gasteiger partial charge in [-0.25, -0.2) is 4.79 Å². The Kier molecular flexibility index (Phi) is 4.78. The van der Waals surface area contributed by atoms with Gasteiger partial charge in [-0.1, -0.05) is 35.5 Å². The summed E-state index contributed by atoms with van der Waals surface area (Å²) in [7, 11) is 1.54. The number of carbonyl (C=O) groups excluding carboxylic acids is 1. The molecule has 0 unspecified atom stereocenters. The van der Waals surface area contributed by atoms with Crippen molar-refractivity contribution in [1.82, 2.24) is 0 Å². The second-order valence-corrected chi connectivity index (χ2v) is 4.82. The van der Waals surface area contributed by atoms with Gasteiger partial charge in [-0.15, -0.1) is 0 Å². The molecule has 2 N–H and O–H groups in total. The maximum absolute atomic E-state index is 12.2. The molecule has 0 fully saturated rings. The molecule has 0 bridgehead atoms. The Balaban J connectivity index is 2.22. The molecule has 0 aliphatic heterocycles. The Morgan fingerprint density at radius 3 is 2.32 bits per heavy atom. The molecule has 0 aliphatic carbocycles. The highest BCUT2D eigenvalue weighted by molar-refractivity contribution is 6.00. The Labute approximate surface area is 129 Å². The van der Waals surface area contributed by atoms with Gasteiger partial charge in [0.1, 0.15) is 5.75 Å². The highest BCUT2D eigenvalue weighted by Gasteiger charge is 2.14. The Morgan fingerprint density at radius 2 is 1.68 bits per heavy atom. The van der Waals surface area contributed by atoms with Crippen LogP contribution < -0.4 is 10.5 Å². The standard InChI is InChI=1S/C17H18N2O3/c1-11-7-6-8-12(2)15(11)17(20)22-19-16(18)13-9-4-5-10-14(13)21-3/h4-10H,1-3H3,(H2,18,19). The molecule has 0 saturated heterocycles. The van der Waals surface area contributed by atoms with Crippen molar-refractivity contribution in [2.45, 2.75) is 13.8 Å². The summed E-state index contributed by atoms with van der Waals surface area (Å²) in [6.07, 6.45) is 0. The minimum atomic E-state index is -0.534. The smallest absolute Gasteiger partial charge is 0.366 e. The van der Waals surface area contributed by atoms with Crippen LogP contribution in [0.15, 0.2) is 47.6 Å². The Bertz CT molecular complexity index is 703. The number of oxime groups is 1. The molecule has 0 saturated carbocycles. The zero-order valence-electron chi connectivity index (χ0n) is 12.8. The summed E-state index contributed by atoms with van der Waals surface area (Å²) >= 11 is 0. The van der Waals surface area contributed by atoms with E-state index >= 15 is 0 Å². The van der Waals surface area contributed by atoms with Crippen molar-refractivity contribution in [3.05, 3.63) is 64.7 Å². The number of aryl methyl sites for hydroxylation is 2. The number of amidine groups is 1. The van der Waals surface area contributed by atoms with Crippen LogP contribution in [0.3, 0.4) is 0 Å². The molecular formula is C17H18N2O3. The van der Waals surface area contributed by atoms with Gasteiger partial charge in [0.15, 0.2) is 5.84 Å². The molecule has 0 amide bonds. The molecule has 0 radical (unpaired) electrons. The molecule has 5 heteroatoms. The van der Waals surface area contributed by atoms with Gasteiger partial charge in [0.25, 0.3) is 0 Å². The third-order valence-electron chi connectivity index (χ3n) is 3.30. The van der Waals surface area contributed by atoms with Gasteiger partial charge in [-0.3, -0.25) is 0 Å². The number of nitrogens with two attached hydrogens (primary N) is 1. The van der Waals surface area contributed by atoms with Crippen LogP contribution in [0, 0.1) is 13.8 Å². The number of methoxy groups -OCH3 is 1. The van der Waals surface area contributed by atoms with Crippen LogP contribution in [0.4, 0.5) is 0 Å². The molecule has 2 aromatic rings. The molecule has 0 spiro atoms. The predicted octanol–water partition coefficient (Wildman–Crippen LogP) is 2.79. The van der Waals surface area contributed by atoms with E-state index in [4.69, 9.17) is 15.3 Å². The maximum Gasteiger partial charge on any atom is 0.366 e. The average Bonchev–Trinajstić information content (AvgIpc) is 2.52. The van der Waals surface area contributed by atoms with E-state index in [0.29, 0.717) is 16.9 Å². The van der Waals surface area contributed by atoms with Gasteiger partial charge >= 0.3 is 5.97 Å². The lowest BCUT2D eigenvalue weighted by atomic mass is 10.0. The van der Waals surface area contributed by atoms with Gasteiger partial charge in [-0.05, 0) is 37.1 Å². The topological polar surface area (TPSA) is 73.9 Å². The predicted molar refractivity (Wildman–Crippen MR) is 85.0 cm³/mol. The first kappa shape index (κ1) is 15.6. The molecule has 0 aliphatic rings. The molecule has 22 heavy (non-hydrogen) atoms. The molecular weight excluding hydrogens is 280 g/mol. The first-order valence-electron chi connectivity index (χ1n) is 6.79. The van der Waals surface area contributed by atoms with E-state index in [-0.39, 0.29) is 5.84 Å². The SMILES string of the molecule is COc1ccccc1/C(N)=N/OC(=O)c1c(C)cccc1C. The van der Waals surface area contributed by atoms with Gasteiger partial charge in [0.05, 0.1) is 18.2 Å². The van der Waals surface area contributed by atoms with Crippen LogP contribution in [0.2, 0.25) is 0 Å². The van der Waals surface area contributed by atoms with Gasteiger partial charge < -0.3 is 15.3 Å². The average molecular weight is 298 g/mol. The largest absolute Gasteiger partial charge is 0.496 e.